The molecule has 3 N–H and O–H groups in total. The molecule has 176 valence electrons. The van der Waals surface area contributed by atoms with Crippen LogP contribution >= 0.6 is 0 Å². The molecule has 8 heteroatoms. The number of carbonyl (C=O) groups excluding carboxylic acids is 1. The molecule has 7 nitrogen and oxygen atoms in total. The first-order valence-electron chi connectivity index (χ1n) is 10.8. The predicted octanol–water partition coefficient (Wildman–Crippen LogP) is 4.16. The van der Waals surface area contributed by atoms with Crippen molar-refractivity contribution in [3.8, 4) is 0 Å². The van der Waals surface area contributed by atoms with E-state index in [0.717, 1.165) is 27.9 Å². The Balaban J connectivity index is 2.09. The van der Waals surface area contributed by atoms with Gasteiger partial charge in [0.05, 0.1) is 17.1 Å². The van der Waals surface area contributed by atoms with Gasteiger partial charge in [0.25, 0.3) is 15.9 Å². The van der Waals surface area contributed by atoms with Crippen molar-refractivity contribution in [2.45, 2.75) is 65.3 Å². The van der Waals surface area contributed by atoms with E-state index in [1.807, 2.05) is 41.5 Å². The van der Waals surface area contributed by atoms with Gasteiger partial charge in [-0.3, -0.25) is 9.48 Å². The van der Waals surface area contributed by atoms with E-state index in [9.17, 15) is 13.2 Å². The van der Waals surface area contributed by atoms with Crippen LogP contribution in [0.2, 0.25) is 0 Å². The first-order valence-corrected chi connectivity index (χ1v) is 12.3. The molecule has 0 aliphatic heterocycles. The smallest absolute Gasteiger partial charge is 0.283 e. The Kier molecular flexibility index (Phi) is 6.44. The van der Waals surface area contributed by atoms with Crippen LogP contribution in [-0.2, 0) is 22.0 Å². The highest BCUT2D eigenvalue weighted by atomic mass is 32.2. The van der Waals surface area contributed by atoms with Gasteiger partial charge in [-0.25, -0.2) is 13.1 Å². The molecule has 0 atom stereocenters. The first kappa shape index (κ1) is 24.5. The summed E-state index contributed by atoms with van der Waals surface area (Å²) in [5, 5.41) is 4.76. The number of aromatic nitrogens is 2. The number of nitrogens with zero attached hydrogens (tertiary/aromatic N) is 2. The van der Waals surface area contributed by atoms with E-state index in [1.54, 1.807) is 17.7 Å². The SMILES string of the molecule is Cc1cc(C)c(Cn2nc(C(C)(C)C)c(C)c2C(=O)NS(=O)(=O)c2cccc(N)c2)c(C)c1. The largest absolute Gasteiger partial charge is 0.399 e. The zero-order valence-electron chi connectivity index (χ0n) is 20.3. The van der Waals surface area contributed by atoms with Crippen molar-refractivity contribution < 1.29 is 13.2 Å². The van der Waals surface area contributed by atoms with E-state index in [-0.39, 0.29) is 16.0 Å². The van der Waals surface area contributed by atoms with Gasteiger partial charge in [0, 0.05) is 16.7 Å². The normalized spacial score (nSPS) is 12.1. The monoisotopic (exact) mass is 468 g/mol. The predicted molar refractivity (Wildman–Crippen MR) is 131 cm³/mol. The Hall–Kier alpha value is -3.13. The lowest BCUT2D eigenvalue weighted by molar-refractivity contribution is 0.0970. The number of anilines is 1. The van der Waals surface area contributed by atoms with Crippen molar-refractivity contribution in [1.29, 1.82) is 0 Å². The lowest BCUT2D eigenvalue weighted by Gasteiger charge is -2.16. The Morgan fingerprint density at radius 1 is 1.06 bits per heavy atom. The maximum absolute atomic E-state index is 13.3. The molecule has 1 heterocycles. The van der Waals surface area contributed by atoms with E-state index in [4.69, 9.17) is 10.8 Å². The molecule has 33 heavy (non-hydrogen) atoms. The standard InChI is InChI=1S/C25H32N4O3S/c1-15-11-16(2)21(17(3)12-15)14-29-22(18(4)23(27-29)25(5,6)7)24(30)28-33(31,32)20-10-8-9-19(26)13-20/h8-13H,14,26H2,1-7H3,(H,28,30). The Bertz CT molecular complexity index is 1310. The first-order chi connectivity index (χ1) is 15.2. The Morgan fingerprint density at radius 3 is 2.21 bits per heavy atom. The second-order valence-corrected chi connectivity index (χ2v) is 11.3. The zero-order valence-corrected chi connectivity index (χ0v) is 21.1. The number of rotatable bonds is 5. The number of nitrogens with one attached hydrogen (secondary N) is 1. The maximum atomic E-state index is 13.3. The molecule has 0 aliphatic carbocycles. The summed E-state index contributed by atoms with van der Waals surface area (Å²) in [6.45, 7) is 14.3. The van der Waals surface area contributed by atoms with Gasteiger partial charge < -0.3 is 5.73 Å². The van der Waals surface area contributed by atoms with Crippen LogP contribution in [0.25, 0.3) is 0 Å². The number of amides is 1. The van der Waals surface area contributed by atoms with E-state index < -0.39 is 15.9 Å². The van der Waals surface area contributed by atoms with Crippen LogP contribution < -0.4 is 10.5 Å². The maximum Gasteiger partial charge on any atom is 0.283 e. The molecule has 1 aromatic heterocycles. The van der Waals surface area contributed by atoms with Gasteiger partial charge in [0.2, 0.25) is 0 Å². The minimum absolute atomic E-state index is 0.0687. The lowest BCUT2D eigenvalue weighted by atomic mass is 9.89. The minimum atomic E-state index is -4.11. The van der Waals surface area contributed by atoms with Crippen molar-refractivity contribution in [3.05, 3.63) is 75.6 Å². The summed E-state index contributed by atoms with van der Waals surface area (Å²) in [6, 6.07) is 10.0. The number of hydrogen-bond donors (Lipinski definition) is 2. The van der Waals surface area contributed by atoms with Crippen LogP contribution in [0.1, 0.15) is 64.8 Å². The third kappa shape index (κ3) is 5.11. The second-order valence-electron chi connectivity index (χ2n) is 9.61. The fourth-order valence-corrected chi connectivity index (χ4v) is 5.19. The number of nitrogen functional groups attached to an aromatic ring is 1. The topological polar surface area (TPSA) is 107 Å². The summed E-state index contributed by atoms with van der Waals surface area (Å²) in [5.74, 6) is -0.722. The van der Waals surface area contributed by atoms with E-state index in [0.29, 0.717) is 17.8 Å². The summed E-state index contributed by atoms with van der Waals surface area (Å²) < 4.78 is 29.6. The number of hydrogen-bond acceptors (Lipinski definition) is 5. The minimum Gasteiger partial charge on any atom is -0.399 e. The lowest BCUT2D eigenvalue weighted by Crippen LogP contribution is -2.33. The number of nitrogens with two attached hydrogens (primary N) is 1. The average Bonchev–Trinajstić information content (AvgIpc) is 3.00. The Morgan fingerprint density at radius 2 is 1.67 bits per heavy atom. The van der Waals surface area contributed by atoms with Crippen LogP contribution in [0.15, 0.2) is 41.3 Å². The second kappa shape index (κ2) is 8.67. The van der Waals surface area contributed by atoms with Gasteiger partial charge in [-0.1, -0.05) is 44.5 Å². The number of carbonyl (C=O) groups is 1. The van der Waals surface area contributed by atoms with Crippen molar-refractivity contribution in [3.63, 3.8) is 0 Å². The van der Waals surface area contributed by atoms with Crippen LogP contribution in [0.3, 0.4) is 0 Å². The summed E-state index contributed by atoms with van der Waals surface area (Å²) in [7, 11) is -4.11. The molecule has 3 rings (SSSR count). The molecule has 0 bridgehead atoms. The van der Waals surface area contributed by atoms with Gasteiger partial charge in [-0.15, -0.1) is 0 Å². The molecule has 0 unspecified atom stereocenters. The number of aryl methyl sites for hydroxylation is 3. The van der Waals surface area contributed by atoms with Crippen LogP contribution in [-0.4, -0.2) is 24.1 Å². The van der Waals surface area contributed by atoms with E-state index in [1.165, 1.54) is 18.2 Å². The average molecular weight is 469 g/mol. The van der Waals surface area contributed by atoms with Crippen molar-refractivity contribution >= 4 is 21.6 Å². The molecule has 3 aromatic rings. The highest BCUT2D eigenvalue weighted by Crippen LogP contribution is 2.28. The third-order valence-corrected chi connectivity index (χ3v) is 6.99. The molecule has 0 saturated heterocycles. The van der Waals surface area contributed by atoms with Gasteiger partial charge in [0.15, 0.2) is 0 Å². The van der Waals surface area contributed by atoms with Gasteiger partial charge in [-0.05, 0) is 62.6 Å². The van der Waals surface area contributed by atoms with E-state index >= 15 is 0 Å². The van der Waals surface area contributed by atoms with Gasteiger partial charge in [0.1, 0.15) is 5.69 Å². The highest BCUT2D eigenvalue weighted by Gasteiger charge is 2.30. The fourth-order valence-electron chi connectivity index (χ4n) is 4.19. The van der Waals surface area contributed by atoms with Gasteiger partial charge in [-0.2, -0.15) is 5.10 Å². The van der Waals surface area contributed by atoms with Crippen LogP contribution in [0.5, 0.6) is 0 Å². The fraction of sp³-hybridized carbons (Fsp3) is 0.360. The molecular formula is C25H32N4O3S. The molecule has 0 aliphatic rings. The van der Waals surface area contributed by atoms with Crippen LogP contribution in [0, 0.1) is 27.7 Å². The number of sulfonamides is 1. The molecular weight excluding hydrogens is 436 g/mol. The van der Waals surface area contributed by atoms with Crippen LogP contribution in [0.4, 0.5) is 5.69 Å². The summed E-state index contributed by atoms with van der Waals surface area (Å²) in [4.78, 5) is 13.3. The van der Waals surface area contributed by atoms with E-state index in [2.05, 4.69) is 16.9 Å². The quantitative estimate of drug-likeness (QED) is 0.547. The highest BCUT2D eigenvalue weighted by molar-refractivity contribution is 7.90. The van der Waals surface area contributed by atoms with Crippen molar-refractivity contribution in [2.24, 2.45) is 0 Å². The molecule has 2 aromatic carbocycles. The van der Waals surface area contributed by atoms with Gasteiger partial charge >= 0.3 is 0 Å². The molecule has 0 spiro atoms. The van der Waals surface area contributed by atoms with Crippen molar-refractivity contribution in [1.82, 2.24) is 14.5 Å². The molecule has 0 radical (unpaired) electrons. The summed E-state index contributed by atoms with van der Waals surface area (Å²) >= 11 is 0. The summed E-state index contributed by atoms with van der Waals surface area (Å²) in [6.07, 6.45) is 0. The number of benzene rings is 2. The third-order valence-electron chi connectivity index (χ3n) is 5.66. The van der Waals surface area contributed by atoms with Crippen molar-refractivity contribution in [2.75, 3.05) is 5.73 Å². The molecule has 1 amide bonds. The Labute approximate surface area is 196 Å². The molecule has 0 saturated carbocycles. The summed E-state index contributed by atoms with van der Waals surface area (Å²) in [5.41, 5.74) is 11.7. The zero-order chi connectivity index (χ0) is 24.7. The molecule has 0 fully saturated rings.